The van der Waals surface area contributed by atoms with Crippen LogP contribution in [0.25, 0.3) is 17.0 Å². The number of aryl methyl sites for hydroxylation is 1. The number of hydrogen-bond donors (Lipinski definition) is 2. The second-order valence-electron chi connectivity index (χ2n) is 9.47. The summed E-state index contributed by atoms with van der Waals surface area (Å²) in [7, 11) is 0. The number of ether oxygens (including phenoxy) is 1. The summed E-state index contributed by atoms with van der Waals surface area (Å²) in [5.74, 6) is -0.200. The van der Waals surface area contributed by atoms with Gasteiger partial charge in [-0.2, -0.15) is 0 Å². The van der Waals surface area contributed by atoms with Crippen molar-refractivity contribution in [2.45, 2.75) is 25.2 Å². The number of aromatic nitrogens is 3. The zero-order chi connectivity index (χ0) is 26.3. The Morgan fingerprint density at radius 1 is 1.08 bits per heavy atom. The number of nitrogens with one attached hydrogen (secondary N) is 1. The molecule has 1 fully saturated rings. The van der Waals surface area contributed by atoms with Crippen molar-refractivity contribution in [3.63, 3.8) is 0 Å². The molecule has 6 rings (SSSR count). The summed E-state index contributed by atoms with van der Waals surface area (Å²) in [4.78, 5) is 22.7. The van der Waals surface area contributed by atoms with Crippen molar-refractivity contribution in [1.29, 1.82) is 0 Å². The van der Waals surface area contributed by atoms with Crippen LogP contribution in [-0.4, -0.2) is 33.5 Å². The summed E-state index contributed by atoms with van der Waals surface area (Å²) in [5.41, 5.74) is 12.1. The number of fused-ring (bicyclic) bond motifs is 1. The molecule has 0 radical (unpaired) electrons. The highest BCUT2D eigenvalue weighted by Gasteiger charge is 2.39. The number of para-hydroxylation sites is 2. The van der Waals surface area contributed by atoms with Gasteiger partial charge in [0.1, 0.15) is 16.3 Å². The molecule has 3 N–H and O–H groups in total. The second kappa shape index (κ2) is 9.87. The van der Waals surface area contributed by atoms with E-state index in [0.29, 0.717) is 35.2 Å². The van der Waals surface area contributed by atoms with E-state index in [9.17, 15) is 4.79 Å². The quantitative estimate of drug-likeness (QED) is 0.252. The molecular formula is C29H26ClN5O2S. The van der Waals surface area contributed by atoms with Crippen LogP contribution in [0, 0.1) is 6.92 Å². The van der Waals surface area contributed by atoms with Gasteiger partial charge in [0, 0.05) is 30.4 Å². The highest BCUT2D eigenvalue weighted by molar-refractivity contribution is 7.10. The van der Waals surface area contributed by atoms with Gasteiger partial charge < -0.3 is 15.8 Å². The minimum Gasteiger partial charge on any atom is -0.397 e. The number of imidazole rings is 1. The van der Waals surface area contributed by atoms with E-state index in [2.05, 4.69) is 10.7 Å². The van der Waals surface area contributed by atoms with Crippen LogP contribution in [0.1, 0.15) is 39.5 Å². The van der Waals surface area contributed by atoms with Gasteiger partial charge in [-0.05, 0) is 61.7 Å². The van der Waals surface area contributed by atoms with Crippen molar-refractivity contribution in [3.8, 4) is 11.4 Å². The van der Waals surface area contributed by atoms with E-state index in [1.54, 1.807) is 23.5 Å². The molecule has 5 aromatic rings. The fraction of sp³-hybridized carbons (Fsp3) is 0.207. The number of carbonyl (C=O) groups is 1. The largest absolute Gasteiger partial charge is 0.397 e. The lowest BCUT2D eigenvalue weighted by atomic mass is 9.74. The number of rotatable bonds is 5. The monoisotopic (exact) mass is 543 g/mol. The molecule has 2 aromatic carbocycles. The summed E-state index contributed by atoms with van der Waals surface area (Å²) in [6.45, 7) is 3.29. The van der Waals surface area contributed by atoms with Crippen molar-refractivity contribution in [1.82, 2.24) is 14.4 Å². The summed E-state index contributed by atoms with van der Waals surface area (Å²) < 4.78 is 7.75. The maximum Gasteiger partial charge on any atom is 0.255 e. The molecule has 192 valence electrons. The Hall–Kier alpha value is -3.72. The molecule has 38 heavy (non-hydrogen) atoms. The second-order valence-corrected chi connectivity index (χ2v) is 10.8. The topological polar surface area (TPSA) is 94.5 Å². The van der Waals surface area contributed by atoms with E-state index in [1.165, 1.54) is 0 Å². The first-order valence-electron chi connectivity index (χ1n) is 12.4. The summed E-state index contributed by atoms with van der Waals surface area (Å²) in [6.07, 6.45) is 3.50. The Kier molecular flexibility index (Phi) is 6.39. The van der Waals surface area contributed by atoms with Gasteiger partial charge in [-0.25, -0.2) is 9.97 Å². The molecule has 0 unspecified atom stereocenters. The Bertz CT molecular complexity index is 1640. The number of benzene rings is 2. The van der Waals surface area contributed by atoms with Crippen molar-refractivity contribution in [3.05, 3.63) is 99.1 Å². The number of carbonyl (C=O) groups excluding carboxylic acids is 1. The number of anilines is 2. The number of nitrogens with zero attached hydrogens (tertiary/aromatic N) is 3. The molecule has 0 bridgehead atoms. The Balaban J connectivity index is 1.34. The van der Waals surface area contributed by atoms with Gasteiger partial charge in [-0.1, -0.05) is 35.9 Å². The third kappa shape index (κ3) is 4.34. The minimum absolute atomic E-state index is 0.200. The fourth-order valence-corrected chi connectivity index (χ4v) is 6.39. The molecule has 9 heteroatoms. The number of pyridine rings is 1. The van der Waals surface area contributed by atoms with Crippen LogP contribution in [-0.2, 0) is 10.2 Å². The average molecular weight is 544 g/mol. The lowest BCUT2D eigenvalue weighted by Gasteiger charge is -2.36. The zero-order valence-electron chi connectivity index (χ0n) is 20.8. The number of thiazole rings is 1. The lowest BCUT2D eigenvalue weighted by Crippen LogP contribution is -2.35. The smallest absolute Gasteiger partial charge is 0.255 e. The van der Waals surface area contributed by atoms with Crippen molar-refractivity contribution >= 4 is 45.9 Å². The van der Waals surface area contributed by atoms with Gasteiger partial charge in [0.2, 0.25) is 0 Å². The third-order valence-corrected chi connectivity index (χ3v) is 8.44. The van der Waals surface area contributed by atoms with E-state index in [4.69, 9.17) is 32.0 Å². The summed E-state index contributed by atoms with van der Waals surface area (Å²) in [6, 6.07) is 18.8. The predicted octanol–water partition coefficient (Wildman–Crippen LogP) is 6.35. The van der Waals surface area contributed by atoms with Crippen LogP contribution in [0.3, 0.4) is 0 Å². The highest BCUT2D eigenvalue weighted by Crippen LogP contribution is 2.44. The first-order chi connectivity index (χ1) is 18.4. The maximum absolute atomic E-state index is 12.9. The predicted molar refractivity (Wildman–Crippen MR) is 152 cm³/mol. The first-order valence-corrected chi connectivity index (χ1v) is 13.7. The number of amides is 1. The number of halogens is 1. The summed E-state index contributed by atoms with van der Waals surface area (Å²) in [5, 5.41) is 6.66. The molecule has 1 saturated heterocycles. The van der Waals surface area contributed by atoms with Crippen molar-refractivity contribution in [2.75, 3.05) is 24.3 Å². The van der Waals surface area contributed by atoms with E-state index >= 15 is 0 Å². The molecule has 4 heterocycles. The van der Waals surface area contributed by atoms with Crippen LogP contribution in [0.15, 0.2) is 72.2 Å². The molecule has 0 spiro atoms. The van der Waals surface area contributed by atoms with Gasteiger partial charge >= 0.3 is 0 Å². The SMILES string of the molecule is Cc1nc2ccc(Cl)cn2c1-c1csc(C2(c3ccc(C(=O)Nc4ccccc4N)cc3)CCOCC2)n1. The molecule has 1 aliphatic rings. The third-order valence-electron chi connectivity index (χ3n) is 7.17. The average Bonchev–Trinajstić information content (AvgIpc) is 3.54. The maximum atomic E-state index is 12.9. The van der Waals surface area contributed by atoms with Crippen LogP contribution >= 0.6 is 22.9 Å². The lowest BCUT2D eigenvalue weighted by molar-refractivity contribution is 0.0630. The Labute approximate surface area is 229 Å². The van der Waals surface area contributed by atoms with Gasteiger partial charge in [0.15, 0.2) is 0 Å². The minimum atomic E-state index is -0.300. The van der Waals surface area contributed by atoms with Gasteiger partial charge in [-0.3, -0.25) is 9.20 Å². The van der Waals surface area contributed by atoms with Crippen LogP contribution in [0.2, 0.25) is 5.02 Å². The Morgan fingerprint density at radius 3 is 2.61 bits per heavy atom. The van der Waals surface area contributed by atoms with Gasteiger partial charge in [-0.15, -0.1) is 11.3 Å². The first kappa shape index (κ1) is 24.6. The van der Waals surface area contributed by atoms with E-state index < -0.39 is 0 Å². The van der Waals surface area contributed by atoms with Crippen LogP contribution in [0.4, 0.5) is 11.4 Å². The fourth-order valence-electron chi connectivity index (χ4n) is 5.14. The highest BCUT2D eigenvalue weighted by atomic mass is 35.5. The van der Waals surface area contributed by atoms with E-state index in [-0.39, 0.29) is 11.3 Å². The molecule has 1 amide bonds. The number of nitrogen functional groups attached to an aromatic ring is 1. The number of hydrogen-bond acceptors (Lipinski definition) is 6. The van der Waals surface area contributed by atoms with Gasteiger partial charge in [0.05, 0.1) is 33.2 Å². The van der Waals surface area contributed by atoms with E-state index in [0.717, 1.165) is 46.1 Å². The molecule has 0 atom stereocenters. The molecule has 7 nitrogen and oxygen atoms in total. The standard InChI is InChI=1S/C29H26ClN5O2S/c1-18-26(35-16-21(30)10-11-25(35)32-18)24-17-38-28(34-24)29(12-14-37-15-13-29)20-8-6-19(7-9-20)27(36)33-23-5-3-2-4-22(23)31/h2-11,16-17H,12-15,31H2,1H3,(H,33,36). The molecule has 0 saturated carbocycles. The molecule has 0 aliphatic carbocycles. The van der Waals surface area contributed by atoms with E-state index in [1.807, 2.05) is 66.1 Å². The normalized spacial score (nSPS) is 15.0. The molecule has 3 aromatic heterocycles. The van der Waals surface area contributed by atoms with Crippen LogP contribution < -0.4 is 11.1 Å². The van der Waals surface area contributed by atoms with Gasteiger partial charge in [0.25, 0.3) is 5.91 Å². The molecular weight excluding hydrogens is 518 g/mol. The zero-order valence-corrected chi connectivity index (χ0v) is 22.4. The summed E-state index contributed by atoms with van der Waals surface area (Å²) >= 11 is 7.94. The number of nitrogens with two attached hydrogens (primary N) is 1. The van der Waals surface area contributed by atoms with Crippen molar-refractivity contribution < 1.29 is 9.53 Å². The Morgan fingerprint density at radius 2 is 1.84 bits per heavy atom. The van der Waals surface area contributed by atoms with Crippen molar-refractivity contribution in [2.24, 2.45) is 0 Å². The van der Waals surface area contributed by atoms with Crippen LogP contribution in [0.5, 0.6) is 0 Å². The molecule has 1 aliphatic heterocycles.